The lowest BCUT2D eigenvalue weighted by Gasteiger charge is -2.32. The third-order valence-electron chi connectivity index (χ3n) is 6.03. The summed E-state index contributed by atoms with van der Waals surface area (Å²) in [6.45, 7) is 3.23. The van der Waals surface area contributed by atoms with Crippen LogP contribution in [0.5, 0.6) is 0 Å². The number of imide groups is 1. The first-order valence-corrected chi connectivity index (χ1v) is 9.72. The van der Waals surface area contributed by atoms with Gasteiger partial charge in [0.1, 0.15) is 6.04 Å². The highest BCUT2D eigenvalue weighted by Crippen LogP contribution is 2.30. The lowest BCUT2D eigenvalue weighted by molar-refractivity contribution is -0.136. The fourth-order valence-electron chi connectivity index (χ4n) is 4.44. The fourth-order valence-corrected chi connectivity index (χ4v) is 4.44. The number of amides is 3. The number of benzene rings is 1. The van der Waals surface area contributed by atoms with Crippen LogP contribution in [0.15, 0.2) is 18.2 Å². The molecule has 1 atom stereocenters. The fraction of sp³-hybridized carbons (Fsp3) is 0.550. The van der Waals surface area contributed by atoms with Crippen LogP contribution in [0.4, 0.5) is 0 Å². The highest BCUT2D eigenvalue weighted by atomic mass is 16.2. The molecule has 7 heteroatoms. The lowest BCUT2D eigenvalue weighted by Crippen LogP contribution is -2.52. The second-order valence-electron chi connectivity index (χ2n) is 7.69. The SMILES string of the molecule is CNC1CCN(Cc2cccc3c2C(=O)N(C2CCC(=O)NC2=O)C3)CC1. The zero-order chi connectivity index (χ0) is 19.0. The smallest absolute Gasteiger partial charge is 0.255 e. The van der Waals surface area contributed by atoms with Crippen LogP contribution in [0, 0.1) is 0 Å². The molecule has 2 fully saturated rings. The molecule has 0 spiro atoms. The van der Waals surface area contributed by atoms with Crippen molar-refractivity contribution >= 4 is 17.7 Å². The molecule has 0 aliphatic carbocycles. The highest BCUT2D eigenvalue weighted by molar-refractivity contribution is 6.05. The van der Waals surface area contributed by atoms with Crippen LogP contribution in [0.1, 0.15) is 47.2 Å². The van der Waals surface area contributed by atoms with Gasteiger partial charge in [0.2, 0.25) is 11.8 Å². The van der Waals surface area contributed by atoms with Crippen molar-refractivity contribution in [1.29, 1.82) is 0 Å². The molecule has 1 unspecified atom stereocenters. The first-order valence-electron chi connectivity index (χ1n) is 9.72. The Morgan fingerprint density at radius 3 is 2.63 bits per heavy atom. The highest BCUT2D eigenvalue weighted by Gasteiger charge is 2.40. The van der Waals surface area contributed by atoms with E-state index in [1.165, 1.54) is 0 Å². The summed E-state index contributed by atoms with van der Waals surface area (Å²) < 4.78 is 0. The van der Waals surface area contributed by atoms with E-state index in [0.717, 1.165) is 49.2 Å². The van der Waals surface area contributed by atoms with Crippen LogP contribution < -0.4 is 10.6 Å². The molecule has 0 bridgehead atoms. The Bertz CT molecular complexity index is 770. The molecule has 3 heterocycles. The number of carbonyl (C=O) groups excluding carboxylic acids is 3. The summed E-state index contributed by atoms with van der Waals surface area (Å²) in [4.78, 5) is 40.8. The number of nitrogens with one attached hydrogen (secondary N) is 2. The minimum absolute atomic E-state index is 0.0831. The van der Waals surface area contributed by atoms with Crippen LogP contribution in [0.3, 0.4) is 0 Å². The second kappa shape index (κ2) is 7.40. The minimum Gasteiger partial charge on any atom is -0.322 e. The Labute approximate surface area is 159 Å². The normalized spacial score (nSPS) is 24.3. The van der Waals surface area contributed by atoms with Crippen molar-refractivity contribution in [3.05, 3.63) is 34.9 Å². The number of rotatable bonds is 4. The Balaban J connectivity index is 1.50. The van der Waals surface area contributed by atoms with Crippen LogP contribution in [0.2, 0.25) is 0 Å². The summed E-state index contributed by atoms with van der Waals surface area (Å²) >= 11 is 0. The van der Waals surface area contributed by atoms with Gasteiger partial charge < -0.3 is 10.2 Å². The maximum atomic E-state index is 13.1. The molecule has 1 aromatic carbocycles. The van der Waals surface area contributed by atoms with Gasteiger partial charge in [0, 0.05) is 31.1 Å². The van der Waals surface area contributed by atoms with Crippen molar-refractivity contribution in [1.82, 2.24) is 20.4 Å². The molecule has 0 radical (unpaired) electrons. The van der Waals surface area contributed by atoms with Crippen LogP contribution in [0.25, 0.3) is 0 Å². The van der Waals surface area contributed by atoms with Crippen molar-refractivity contribution in [3.8, 4) is 0 Å². The van der Waals surface area contributed by atoms with E-state index >= 15 is 0 Å². The Morgan fingerprint density at radius 1 is 1.15 bits per heavy atom. The number of nitrogens with zero attached hydrogens (tertiary/aromatic N) is 2. The average Bonchev–Trinajstić information content (AvgIpc) is 3.00. The van der Waals surface area contributed by atoms with Gasteiger partial charge in [-0.15, -0.1) is 0 Å². The minimum atomic E-state index is -0.554. The van der Waals surface area contributed by atoms with Crippen LogP contribution >= 0.6 is 0 Å². The molecule has 2 saturated heterocycles. The predicted molar refractivity (Wildman–Crippen MR) is 99.8 cm³/mol. The zero-order valence-electron chi connectivity index (χ0n) is 15.7. The molecular formula is C20H26N4O3. The molecule has 4 rings (SSSR count). The number of hydrogen-bond donors (Lipinski definition) is 2. The van der Waals surface area contributed by atoms with Gasteiger partial charge in [0.05, 0.1) is 0 Å². The summed E-state index contributed by atoms with van der Waals surface area (Å²) in [6.07, 6.45) is 2.91. The Kier molecular flexibility index (Phi) is 4.97. The number of likely N-dealkylation sites (tertiary alicyclic amines) is 1. The topological polar surface area (TPSA) is 81.8 Å². The molecule has 3 aliphatic rings. The van der Waals surface area contributed by atoms with E-state index in [9.17, 15) is 14.4 Å². The standard InChI is InChI=1S/C20H26N4O3/c1-21-15-7-9-23(10-8-15)11-13-3-2-4-14-12-24(20(27)18(13)14)16-5-6-17(25)22-19(16)26/h2-4,15-16,21H,5-12H2,1H3,(H,22,25,26). The molecule has 3 aliphatic heterocycles. The number of hydrogen-bond acceptors (Lipinski definition) is 5. The van der Waals surface area contributed by atoms with Crippen molar-refractivity contribution in [2.75, 3.05) is 20.1 Å². The van der Waals surface area contributed by atoms with Gasteiger partial charge in [-0.25, -0.2) is 0 Å². The quantitative estimate of drug-likeness (QED) is 0.760. The zero-order valence-corrected chi connectivity index (χ0v) is 15.7. The summed E-state index contributed by atoms with van der Waals surface area (Å²) in [5.74, 6) is -0.700. The van der Waals surface area contributed by atoms with E-state index in [-0.39, 0.29) is 24.1 Å². The first kappa shape index (κ1) is 18.1. The maximum Gasteiger partial charge on any atom is 0.255 e. The van der Waals surface area contributed by atoms with Gasteiger partial charge in [-0.1, -0.05) is 18.2 Å². The van der Waals surface area contributed by atoms with E-state index in [2.05, 4.69) is 15.5 Å². The Hall–Kier alpha value is -2.25. The van der Waals surface area contributed by atoms with E-state index < -0.39 is 6.04 Å². The van der Waals surface area contributed by atoms with Gasteiger partial charge in [-0.3, -0.25) is 24.6 Å². The monoisotopic (exact) mass is 370 g/mol. The number of carbonyl (C=O) groups is 3. The van der Waals surface area contributed by atoms with Gasteiger partial charge >= 0.3 is 0 Å². The van der Waals surface area contributed by atoms with Crippen LogP contribution in [-0.4, -0.2) is 59.7 Å². The van der Waals surface area contributed by atoms with Crippen LogP contribution in [-0.2, 0) is 22.7 Å². The summed E-state index contributed by atoms with van der Waals surface area (Å²) in [5.41, 5.74) is 2.76. The molecule has 1 aromatic rings. The number of piperidine rings is 2. The second-order valence-corrected chi connectivity index (χ2v) is 7.69. The molecule has 0 saturated carbocycles. The molecule has 2 N–H and O–H groups in total. The average molecular weight is 370 g/mol. The molecule has 3 amide bonds. The third kappa shape index (κ3) is 3.49. The molecule has 7 nitrogen and oxygen atoms in total. The van der Waals surface area contributed by atoms with E-state index in [0.29, 0.717) is 19.0 Å². The molecule has 27 heavy (non-hydrogen) atoms. The maximum absolute atomic E-state index is 13.1. The summed E-state index contributed by atoms with van der Waals surface area (Å²) in [5, 5.41) is 5.69. The third-order valence-corrected chi connectivity index (χ3v) is 6.03. The van der Waals surface area contributed by atoms with Crippen molar-refractivity contribution in [3.63, 3.8) is 0 Å². The van der Waals surface area contributed by atoms with Crippen molar-refractivity contribution in [2.45, 2.75) is 50.9 Å². The lowest BCUT2D eigenvalue weighted by atomic mass is 10.0. The largest absolute Gasteiger partial charge is 0.322 e. The summed E-state index contributed by atoms with van der Waals surface area (Å²) in [6, 6.07) is 6.01. The molecule has 0 aromatic heterocycles. The van der Waals surface area contributed by atoms with E-state index in [1.807, 2.05) is 25.2 Å². The number of fused-ring (bicyclic) bond motifs is 1. The van der Waals surface area contributed by atoms with E-state index in [1.54, 1.807) is 4.90 Å². The first-order chi connectivity index (χ1) is 13.1. The molecular weight excluding hydrogens is 344 g/mol. The van der Waals surface area contributed by atoms with Gasteiger partial charge in [-0.2, -0.15) is 0 Å². The Morgan fingerprint density at radius 2 is 1.93 bits per heavy atom. The molecule has 144 valence electrons. The summed E-state index contributed by atoms with van der Waals surface area (Å²) in [7, 11) is 2.01. The van der Waals surface area contributed by atoms with Crippen molar-refractivity contribution in [2.24, 2.45) is 0 Å². The van der Waals surface area contributed by atoms with E-state index in [4.69, 9.17) is 0 Å². The van der Waals surface area contributed by atoms with Gasteiger partial charge in [-0.05, 0) is 50.5 Å². The predicted octanol–water partition coefficient (Wildman–Crippen LogP) is 0.631. The van der Waals surface area contributed by atoms with Gasteiger partial charge in [0.25, 0.3) is 5.91 Å². The van der Waals surface area contributed by atoms with Crippen molar-refractivity contribution < 1.29 is 14.4 Å². The van der Waals surface area contributed by atoms with Gasteiger partial charge in [0.15, 0.2) is 0 Å².